The number of pyridine rings is 1. The molecule has 0 bridgehead atoms. The Labute approximate surface area is 144 Å². The minimum absolute atomic E-state index is 0.0390. The molecule has 1 atom stereocenters. The van der Waals surface area contributed by atoms with E-state index in [1.807, 2.05) is 32.0 Å². The molecule has 2 N–H and O–H groups in total. The number of rotatable bonds is 2. The number of carbonyl (C=O) groups excluding carboxylic acids is 2. The van der Waals surface area contributed by atoms with Crippen LogP contribution in [0.2, 0.25) is 0 Å². The SMILES string of the molecule is CC(C)[C@H]1C(=O)Nc2ccccc2N1C(=O)c1cnc2[nH]ncc2c1. The van der Waals surface area contributed by atoms with Crippen molar-refractivity contribution >= 4 is 34.2 Å². The normalized spacial score (nSPS) is 16.8. The van der Waals surface area contributed by atoms with E-state index >= 15 is 0 Å². The van der Waals surface area contributed by atoms with E-state index in [1.54, 1.807) is 23.2 Å². The predicted molar refractivity (Wildman–Crippen MR) is 94.4 cm³/mol. The third-order valence-electron chi connectivity index (χ3n) is 4.36. The van der Waals surface area contributed by atoms with Gasteiger partial charge in [0, 0.05) is 11.6 Å². The first-order valence-electron chi connectivity index (χ1n) is 8.09. The van der Waals surface area contributed by atoms with Gasteiger partial charge < -0.3 is 5.32 Å². The van der Waals surface area contributed by atoms with Gasteiger partial charge in [-0.05, 0) is 24.1 Å². The molecule has 25 heavy (non-hydrogen) atoms. The molecule has 0 radical (unpaired) electrons. The molecule has 0 saturated heterocycles. The van der Waals surface area contributed by atoms with Crippen molar-refractivity contribution in [2.45, 2.75) is 19.9 Å². The maximum Gasteiger partial charge on any atom is 0.260 e. The van der Waals surface area contributed by atoms with Crippen LogP contribution in [0.15, 0.2) is 42.7 Å². The second-order valence-corrected chi connectivity index (χ2v) is 6.40. The highest BCUT2D eigenvalue weighted by Gasteiger charge is 2.39. The molecule has 1 aromatic carbocycles. The number of nitrogens with one attached hydrogen (secondary N) is 2. The first-order valence-corrected chi connectivity index (χ1v) is 8.09. The topological polar surface area (TPSA) is 91.0 Å². The summed E-state index contributed by atoms with van der Waals surface area (Å²) in [5, 5.41) is 10.3. The summed E-state index contributed by atoms with van der Waals surface area (Å²) in [5.41, 5.74) is 2.37. The van der Waals surface area contributed by atoms with Crippen molar-refractivity contribution in [1.82, 2.24) is 15.2 Å². The highest BCUT2D eigenvalue weighted by molar-refractivity contribution is 6.17. The number of nitrogens with zero attached hydrogens (tertiary/aromatic N) is 3. The number of anilines is 2. The van der Waals surface area contributed by atoms with Crippen LogP contribution >= 0.6 is 0 Å². The smallest absolute Gasteiger partial charge is 0.260 e. The predicted octanol–water partition coefficient (Wildman–Crippen LogP) is 2.58. The summed E-state index contributed by atoms with van der Waals surface area (Å²) in [4.78, 5) is 31.7. The zero-order chi connectivity index (χ0) is 17.6. The number of hydrogen-bond donors (Lipinski definition) is 2. The van der Waals surface area contributed by atoms with Crippen LogP contribution in [0.25, 0.3) is 11.0 Å². The van der Waals surface area contributed by atoms with E-state index in [-0.39, 0.29) is 17.7 Å². The molecule has 4 rings (SSSR count). The zero-order valence-electron chi connectivity index (χ0n) is 13.9. The van der Waals surface area contributed by atoms with E-state index in [0.29, 0.717) is 22.6 Å². The van der Waals surface area contributed by atoms with Crippen molar-refractivity contribution in [3.63, 3.8) is 0 Å². The molecule has 1 aliphatic rings. The van der Waals surface area contributed by atoms with Gasteiger partial charge in [-0.25, -0.2) is 4.98 Å². The van der Waals surface area contributed by atoms with Crippen LogP contribution in [0.3, 0.4) is 0 Å². The van der Waals surface area contributed by atoms with Gasteiger partial charge in [0.15, 0.2) is 5.65 Å². The summed E-state index contributed by atoms with van der Waals surface area (Å²) >= 11 is 0. The van der Waals surface area contributed by atoms with Crippen LogP contribution in [0.4, 0.5) is 11.4 Å². The van der Waals surface area contributed by atoms with E-state index in [0.717, 1.165) is 5.39 Å². The van der Waals surface area contributed by atoms with Crippen molar-refractivity contribution in [3.05, 3.63) is 48.3 Å². The fourth-order valence-corrected chi connectivity index (χ4v) is 3.19. The number of benzene rings is 1. The van der Waals surface area contributed by atoms with Gasteiger partial charge in [0.2, 0.25) is 5.91 Å². The largest absolute Gasteiger partial charge is 0.322 e. The van der Waals surface area contributed by atoms with Gasteiger partial charge in [0.1, 0.15) is 6.04 Å². The Kier molecular flexibility index (Phi) is 3.49. The lowest BCUT2D eigenvalue weighted by Gasteiger charge is -2.38. The summed E-state index contributed by atoms with van der Waals surface area (Å²) in [6.45, 7) is 3.85. The van der Waals surface area contributed by atoms with Gasteiger partial charge in [-0.2, -0.15) is 5.10 Å². The maximum absolute atomic E-state index is 13.3. The second-order valence-electron chi connectivity index (χ2n) is 6.40. The number of carbonyl (C=O) groups is 2. The van der Waals surface area contributed by atoms with Crippen LogP contribution in [-0.4, -0.2) is 33.0 Å². The molecule has 1 aliphatic heterocycles. The lowest BCUT2D eigenvalue weighted by atomic mass is 9.96. The molecule has 3 heterocycles. The molecule has 126 valence electrons. The third-order valence-corrected chi connectivity index (χ3v) is 4.36. The average Bonchev–Trinajstić information content (AvgIpc) is 3.07. The molecule has 0 aliphatic carbocycles. The highest BCUT2D eigenvalue weighted by atomic mass is 16.2. The minimum atomic E-state index is -0.581. The summed E-state index contributed by atoms with van der Waals surface area (Å²) in [6, 6.07) is 8.47. The van der Waals surface area contributed by atoms with Crippen molar-refractivity contribution in [3.8, 4) is 0 Å². The molecule has 2 aromatic heterocycles. The molecule has 2 amide bonds. The first kappa shape index (κ1) is 15.3. The van der Waals surface area contributed by atoms with Crippen LogP contribution in [0, 0.1) is 5.92 Å². The van der Waals surface area contributed by atoms with E-state index in [4.69, 9.17) is 0 Å². The van der Waals surface area contributed by atoms with Crippen molar-refractivity contribution in [2.24, 2.45) is 5.92 Å². The van der Waals surface area contributed by atoms with Gasteiger partial charge in [-0.3, -0.25) is 19.6 Å². The molecule has 0 fully saturated rings. The molecule has 7 heteroatoms. The molecule has 0 unspecified atom stereocenters. The molecule has 3 aromatic rings. The zero-order valence-corrected chi connectivity index (χ0v) is 13.9. The number of aromatic nitrogens is 3. The quantitative estimate of drug-likeness (QED) is 0.753. The van der Waals surface area contributed by atoms with Crippen LogP contribution in [0.5, 0.6) is 0 Å². The number of aromatic amines is 1. The van der Waals surface area contributed by atoms with Gasteiger partial charge in [0.05, 0.1) is 23.1 Å². The summed E-state index contributed by atoms with van der Waals surface area (Å²) in [5.74, 6) is -0.473. The van der Waals surface area contributed by atoms with Crippen LogP contribution < -0.4 is 10.2 Å². The van der Waals surface area contributed by atoms with E-state index in [9.17, 15) is 9.59 Å². The van der Waals surface area contributed by atoms with Crippen LogP contribution in [0.1, 0.15) is 24.2 Å². The van der Waals surface area contributed by atoms with E-state index < -0.39 is 6.04 Å². The number of amides is 2. The Bertz CT molecular complexity index is 978. The molecule has 7 nitrogen and oxygen atoms in total. The number of hydrogen-bond acceptors (Lipinski definition) is 4. The van der Waals surface area contributed by atoms with Crippen LogP contribution in [-0.2, 0) is 4.79 Å². The Morgan fingerprint density at radius 3 is 2.84 bits per heavy atom. The summed E-state index contributed by atoms with van der Waals surface area (Å²) in [7, 11) is 0. The molecule has 0 saturated carbocycles. The third kappa shape index (κ3) is 2.44. The Morgan fingerprint density at radius 1 is 1.24 bits per heavy atom. The van der Waals surface area contributed by atoms with E-state index in [2.05, 4.69) is 20.5 Å². The molecule has 0 spiro atoms. The fraction of sp³-hybridized carbons (Fsp3) is 0.222. The second kappa shape index (κ2) is 5.70. The maximum atomic E-state index is 13.3. The number of fused-ring (bicyclic) bond motifs is 2. The molecular formula is C18H17N5O2. The monoisotopic (exact) mass is 335 g/mol. The Balaban J connectivity index is 1.84. The van der Waals surface area contributed by atoms with E-state index in [1.165, 1.54) is 6.20 Å². The molecular weight excluding hydrogens is 318 g/mol. The van der Waals surface area contributed by atoms with Crippen molar-refractivity contribution < 1.29 is 9.59 Å². The highest BCUT2D eigenvalue weighted by Crippen LogP contribution is 2.35. The first-order chi connectivity index (χ1) is 12.1. The van der Waals surface area contributed by atoms with Crippen molar-refractivity contribution in [2.75, 3.05) is 10.2 Å². The Morgan fingerprint density at radius 2 is 2.04 bits per heavy atom. The van der Waals surface area contributed by atoms with Crippen molar-refractivity contribution in [1.29, 1.82) is 0 Å². The fourth-order valence-electron chi connectivity index (χ4n) is 3.19. The van der Waals surface area contributed by atoms with Gasteiger partial charge >= 0.3 is 0 Å². The summed E-state index contributed by atoms with van der Waals surface area (Å²) < 4.78 is 0. The minimum Gasteiger partial charge on any atom is -0.322 e. The Hall–Kier alpha value is -3.22. The number of H-pyrrole nitrogens is 1. The number of para-hydroxylation sites is 2. The lowest BCUT2D eigenvalue weighted by molar-refractivity contribution is -0.118. The van der Waals surface area contributed by atoms with Gasteiger partial charge in [0.25, 0.3) is 5.91 Å². The average molecular weight is 335 g/mol. The van der Waals surface area contributed by atoms with Gasteiger partial charge in [-0.15, -0.1) is 0 Å². The van der Waals surface area contributed by atoms with Gasteiger partial charge in [-0.1, -0.05) is 26.0 Å². The standard InChI is InChI=1S/C18H17N5O2/c1-10(2)15-17(24)21-13-5-3-4-6-14(13)23(15)18(25)12-7-11-9-20-22-16(11)19-8-12/h3-10,15H,1-2H3,(H,21,24)(H,19,20,22)/t15-/m0/s1. The summed E-state index contributed by atoms with van der Waals surface area (Å²) in [6.07, 6.45) is 3.13. The lowest BCUT2D eigenvalue weighted by Crippen LogP contribution is -2.53.